The number of benzene rings is 2. The normalized spacial score (nSPS) is 11.1. The highest BCUT2D eigenvalue weighted by Gasteiger charge is 2.19. The number of ether oxygens (including phenoxy) is 1. The number of ketones is 1. The van der Waals surface area contributed by atoms with Crippen LogP contribution in [0.2, 0.25) is 0 Å². The van der Waals surface area contributed by atoms with Crippen molar-refractivity contribution in [2.75, 3.05) is 5.75 Å². The first-order valence-corrected chi connectivity index (χ1v) is 9.82. The average molecular weight is 393 g/mol. The first-order chi connectivity index (χ1) is 13.6. The molecule has 4 rings (SSSR count). The first-order valence-electron chi connectivity index (χ1n) is 8.83. The first kappa shape index (κ1) is 18.3. The van der Waals surface area contributed by atoms with Gasteiger partial charge in [0.1, 0.15) is 5.75 Å². The molecule has 0 aliphatic heterocycles. The lowest BCUT2D eigenvalue weighted by Crippen LogP contribution is -2.04. The molecule has 0 saturated heterocycles. The maximum absolute atomic E-state index is 12.8. The van der Waals surface area contributed by atoms with Gasteiger partial charge in [-0.3, -0.25) is 4.79 Å². The number of aryl methyl sites for hydroxylation is 1. The van der Waals surface area contributed by atoms with Gasteiger partial charge in [-0.25, -0.2) is 0 Å². The van der Waals surface area contributed by atoms with Crippen LogP contribution in [-0.2, 0) is 13.7 Å². The molecule has 0 radical (unpaired) electrons. The van der Waals surface area contributed by atoms with Crippen LogP contribution in [0, 0.1) is 6.92 Å². The fourth-order valence-electron chi connectivity index (χ4n) is 3.09. The molecule has 2 heterocycles. The Labute approximate surface area is 166 Å². The van der Waals surface area contributed by atoms with Crippen LogP contribution in [0.3, 0.4) is 0 Å². The summed E-state index contributed by atoms with van der Waals surface area (Å²) in [5, 5.41) is 9.30. The Kier molecular flexibility index (Phi) is 5.16. The van der Waals surface area contributed by atoms with Crippen molar-refractivity contribution in [2.45, 2.75) is 18.8 Å². The van der Waals surface area contributed by atoms with Crippen LogP contribution >= 0.6 is 11.8 Å². The minimum absolute atomic E-state index is 0.0413. The van der Waals surface area contributed by atoms with Gasteiger partial charge in [-0.05, 0) is 25.1 Å². The van der Waals surface area contributed by atoms with Crippen LogP contribution in [0.4, 0.5) is 0 Å². The Balaban J connectivity index is 1.41. The van der Waals surface area contributed by atoms with Crippen LogP contribution in [0.15, 0.2) is 64.2 Å². The van der Waals surface area contributed by atoms with Gasteiger partial charge in [-0.15, -0.1) is 10.2 Å². The van der Waals surface area contributed by atoms with E-state index in [2.05, 4.69) is 10.2 Å². The highest BCUT2D eigenvalue weighted by Crippen LogP contribution is 2.27. The summed E-state index contributed by atoms with van der Waals surface area (Å²) < 4.78 is 13.2. The fraction of sp³-hybridized carbons (Fsp3) is 0.190. The van der Waals surface area contributed by atoms with Crippen LogP contribution in [-0.4, -0.2) is 26.3 Å². The molecule has 6 nitrogen and oxygen atoms in total. The molecule has 142 valence electrons. The number of rotatable bonds is 7. The standard InChI is InChI=1S/C21H19N3O3S/c1-14-20(16-10-6-7-11-17(16)24(14)2)18(25)13-28-21-23-22-19(27-21)12-26-15-8-4-3-5-9-15/h3-11H,12-13H2,1-2H3. The van der Waals surface area contributed by atoms with E-state index in [1.54, 1.807) is 0 Å². The predicted octanol–water partition coefficient (Wildman–Crippen LogP) is 4.42. The lowest BCUT2D eigenvalue weighted by Gasteiger charge is -2.02. The predicted molar refractivity (Wildman–Crippen MR) is 108 cm³/mol. The number of hydrogen-bond donors (Lipinski definition) is 0. The monoisotopic (exact) mass is 393 g/mol. The molecule has 4 aromatic rings. The number of thioether (sulfide) groups is 1. The lowest BCUT2D eigenvalue weighted by molar-refractivity contribution is 0.102. The maximum atomic E-state index is 12.8. The van der Waals surface area contributed by atoms with E-state index in [1.807, 2.05) is 73.1 Å². The quantitative estimate of drug-likeness (QED) is 0.342. The molecular formula is C21H19N3O3S. The third kappa shape index (κ3) is 3.66. The van der Waals surface area contributed by atoms with Crippen LogP contribution in [0.5, 0.6) is 5.75 Å². The Morgan fingerprint density at radius 3 is 2.68 bits per heavy atom. The van der Waals surface area contributed by atoms with E-state index < -0.39 is 0 Å². The van der Waals surface area contributed by atoms with Crippen molar-refractivity contribution in [1.82, 2.24) is 14.8 Å². The van der Waals surface area contributed by atoms with Gasteiger partial charge in [0.25, 0.3) is 11.1 Å². The van der Waals surface area contributed by atoms with Crippen molar-refractivity contribution in [3.05, 3.63) is 71.7 Å². The molecule has 0 aliphatic rings. The molecule has 0 saturated carbocycles. The SMILES string of the molecule is Cc1c(C(=O)CSc2nnc(COc3ccccc3)o2)c2ccccc2n1C. The molecular weight excluding hydrogens is 374 g/mol. The number of hydrogen-bond acceptors (Lipinski definition) is 6. The topological polar surface area (TPSA) is 70.2 Å². The molecule has 28 heavy (non-hydrogen) atoms. The van der Waals surface area contributed by atoms with Gasteiger partial charge in [0, 0.05) is 29.2 Å². The third-order valence-electron chi connectivity index (χ3n) is 4.56. The van der Waals surface area contributed by atoms with Gasteiger partial charge in [0.15, 0.2) is 12.4 Å². The van der Waals surface area contributed by atoms with Gasteiger partial charge >= 0.3 is 0 Å². The van der Waals surface area contributed by atoms with Crippen molar-refractivity contribution in [3.8, 4) is 5.75 Å². The number of fused-ring (bicyclic) bond motifs is 1. The van der Waals surface area contributed by atoms with Crippen LogP contribution in [0.1, 0.15) is 21.9 Å². The van der Waals surface area contributed by atoms with E-state index in [0.29, 0.717) is 11.1 Å². The maximum Gasteiger partial charge on any atom is 0.277 e. The number of carbonyl (C=O) groups is 1. The van der Waals surface area contributed by atoms with E-state index in [-0.39, 0.29) is 18.1 Å². The smallest absolute Gasteiger partial charge is 0.277 e. The zero-order chi connectivity index (χ0) is 19.5. The second-order valence-electron chi connectivity index (χ2n) is 6.31. The molecule has 0 N–H and O–H groups in total. The molecule has 0 bridgehead atoms. The van der Waals surface area contributed by atoms with Crippen LogP contribution < -0.4 is 4.74 Å². The number of Topliss-reactive ketones (excluding diaryl/α,β-unsaturated/α-hetero) is 1. The molecule has 0 fully saturated rings. The Hall–Kier alpha value is -3.06. The zero-order valence-electron chi connectivity index (χ0n) is 15.6. The van der Waals surface area contributed by atoms with Gasteiger partial charge in [0.2, 0.25) is 0 Å². The highest BCUT2D eigenvalue weighted by atomic mass is 32.2. The Bertz CT molecular complexity index is 1120. The molecule has 0 amide bonds. The molecule has 0 spiro atoms. The van der Waals surface area contributed by atoms with Crippen molar-refractivity contribution >= 4 is 28.4 Å². The van der Waals surface area contributed by atoms with Crippen molar-refractivity contribution in [2.24, 2.45) is 7.05 Å². The molecule has 0 aliphatic carbocycles. The summed E-state index contributed by atoms with van der Waals surface area (Å²) in [6, 6.07) is 17.3. The minimum atomic E-state index is 0.0413. The molecule has 2 aromatic carbocycles. The summed E-state index contributed by atoms with van der Waals surface area (Å²) in [5.41, 5.74) is 2.75. The summed E-state index contributed by atoms with van der Waals surface area (Å²) in [5.74, 6) is 1.38. The van der Waals surface area contributed by atoms with Crippen LogP contribution in [0.25, 0.3) is 10.9 Å². The molecule has 0 unspecified atom stereocenters. The van der Waals surface area contributed by atoms with Crippen molar-refractivity contribution in [1.29, 1.82) is 0 Å². The summed E-state index contributed by atoms with van der Waals surface area (Å²) in [7, 11) is 1.97. The molecule has 2 aromatic heterocycles. The van der Waals surface area contributed by atoms with E-state index in [1.165, 1.54) is 11.8 Å². The van der Waals surface area contributed by atoms with Gasteiger partial charge in [-0.2, -0.15) is 0 Å². The highest BCUT2D eigenvalue weighted by molar-refractivity contribution is 7.99. The molecule has 0 atom stereocenters. The average Bonchev–Trinajstić information content (AvgIpc) is 3.28. The second kappa shape index (κ2) is 7.90. The Morgan fingerprint density at radius 2 is 1.86 bits per heavy atom. The van der Waals surface area contributed by atoms with E-state index in [0.717, 1.165) is 27.9 Å². The lowest BCUT2D eigenvalue weighted by atomic mass is 10.1. The number of nitrogens with zero attached hydrogens (tertiary/aromatic N) is 3. The van der Waals surface area contributed by atoms with Crippen molar-refractivity contribution in [3.63, 3.8) is 0 Å². The van der Waals surface area contributed by atoms with Gasteiger partial charge < -0.3 is 13.7 Å². The summed E-state index contributed by atoms with van der Waals surface area (Å²) in [6.45, 7) is 2.15. The Morgan fingerprint density at radius 1 is 1.11 bits per heavy atom. The summed E-state index contributed by atoms with van der Waals surface area (Å²) >= 11 is 1.24. The second-order valence-corrected chi connectivity index (χ2v) is 7.24. The number of para-hydroxylation sites is 2. The zero-order valence-corrected chi connectivity index (χ0v) is 16.4. The van der Waals surface area contributed by atoms with E-state index >= 15 is 0 Å². The third-order valence-corrected chi connectivity index (χ3v) is 5.38. The van der Waals surface area contributed by atoms with E-state index in [9.17, 15) is 4.79 Å². The largest absolute Gasteiger partial charge is 0.484 e. The summed E-state index contributed by atoms with van der Waals surface area (Å²) in [6.07, 6.45) is 0. The van der Waals surface area contributed by atoms with Gasteiger partial charge in [-0.1, -0.05) is 48.2 Å². The number of carbonyl (C=O) groups excluding carboxylic acids is 1. The minimum Gasteiger partial charge on any atom is -0.484 e. The van der Waals surface area contributed by atoms with Crippen molar-refractivity contribution < 1.29 is 13.9 Å². The summed E-state index contributed by atoms with van der Waals surface area (Å²) in [4.78, 5) is 12.8. The van der Waals surface area contributed by atoms with E-state index in [4.69, 9.17) is 9.15 Å². The molecule has 7 heteroatoms. The fourth-order valence-corrected chi connectivity index (χ4v) is 3.74. The number of aromatic nitrogens is 3. The van der Waals surface area contributed by atoms with Gasteiger partial charge in [0.05, 0.1) is 5.75 Å².